The molecule has 0 aliphatic rings. The monoisotopic (exact) mass is 379 g/mol. The van der Waals surface area contributed by atoms with Crippen molar-refractivity contribution in [2.45, 2.75) is 26.7 Å². The molecule has 0 saturated carbocycles. The van der Waals surface area contributed by atoms with Gasteiger partial charge in [-0.3, -0.25) is 9.59 Å². The quantitative estimate of drug-likeness (QED) is 0.693. The Bertz CT molecular complexity index is 731. The fourth-order valence-corrected chi connectivity index (χ4v) is 3.19. The van der Waals surface area contributed by atoms with Crippen molar-refractivity contribution in [2.75, 3.05) is 13.1 Å². The second kappa shape index (κ2) is 9.53. The Morgan fingerprint density at radius 3 is 2.72 bits per heavy atom. The average Bonchev–Trinajstić information content (AvgIpc) is 2.98. The van der Waals surface area contributed by atoms with Crippen LogP contribution in [0.3, 0.4) is 0 Å². The van der Waals surface area contributed by atoms with Crippen LogP contribution in [0, 0.1) is 5.92 Å². The van der Waals surface area contributed by atoms with E-state index in [0.29, 0.717) is 24.5 Å². The number of nitrogens with zero attached hydrogens (tertiary/aromatic N) is 1. The second-order valence-corrected chi connectivity index (χ2v) is 7.39. The minimum Gasteiger partial charge on any atom is -0.354 e. The number of carbonyl (C=O) groups is 2. The molecule has 0 fully saturated rings. The molecule has 0 aliphatic carbocycles. The maximum atomic E-state index is 11.9. The molecule has 2 rings (SSSR count). The zero-order chi connectivity index (χ0) is 18.2. The highest BCUT2D eigenvalue weighted by Gasteiger charge is 2.09. The van der Waals surface area contributed by atoms with Gasteiger partial charge in [0.1, 0.15) is 0 Å². The van der Waals surface area contributed by atoms with Crippen LogP contribution >= 0.6 is 22.9 Å². The molecule has 134 valence electrons. The third-order valence-corrected chi connectivity index (χ3v) is 4.59. The molecular formula is C18H22ClN3O2S. The van der Waals surface area contributed by atoms with Crippen molar-refractivity contribution < 1.29 is 9.59 Å². The molecule has 0 radical (unpaired) electrons. The van der Waals surface area contributed by atoms with Crippen LogP contribution in [0.5, 0.6) is 0 Å². The Balaban J connectivity index is 1.75. The van der Waals surface area contributed by atoms with Crippen LogP contribution in [0.25, 0.3) is 0 Å². The third kappa shape index (κ3) is 6.84. The van der Waals surface area contributed by atoms with E-state index >= 15 is 0 Å². The zero-order valence-corrected chi connectivity index (χ0v) is 15.9. The van der Waals surface area contributed by atoms with Crippen LogP contribution in [0.15, 0.2) is 29.6 Å². The summed E-state index contributed by atoms with van der Waals surface area (Å²) in [5.74, 6) is -0.165. The van der Waals surface area contributed by atoms with E-state index in [1.165, 1.54) is 11.3 Å². The summed E-state index contributed by atoms with van der Waals surface area (Å²) < 4.78 is 0. The highest BCUT2D eigenvalue weighted by Crippen LogP contribution is 2.18. The predicted molar refractivity (Wildman–Crippen MR) is 101 cm³/mol. The van der Waals surface area contributed by atoms with E-state index in [1.807, 2.05) is 43.5 Å². The molecule has 0 saturated heterocycles. The van der Waals surface area contributed by atoms with E-state index in [0.717, 1.165) is 16.3 Å². The van der Waals surface area contributed by atoms with E-state index in [-0.39, 0.29) is 24.2 Å². The zero-order valence-electron chi connectivity index (χ0n) is 14.3. The average molecular weight is 380 g/mol. The highest BCUT2D eigenvalue weighted by atomic mass is 35.5. The molecule has 2 aromatic rings. The lowest BCUT2D eigenvalue weighted by Crippen LogP contribution is -2.36. The van der Waals surface area contributed by atoms with Crippen LogP contribution in [0.2, 0.25) is 5.02 Å². The molecule has 0 atom stereocenters. The minimum absolute atomic E-state index is 0.0144. The van der Waals surface area contributed by atoms with Crippen molar-refractivity contribution in [3.63, 3.8) is 0 Å². The summed E-state index contributed by atoms with van der Waals surface area (Å²) >= 11 is 7.52. The van der Waals surface area contributed by atoms with E-state index in [1.54, 1.807) is 0 Å². The SMILES string of the molecule is CC(C)C(=O)NCCNC(=O)Cc1csc(Cc2cccc(Cl)c2)n1. The molecule has 5 nitrogen and oxygen atoms in total. The lowest BCUT2D eigenvalue weighted by atomic mass is 10.2. The fourth-order valence-electron chi connectivity index (χ4n) is 2.15. The van der Waals surface area contributed by atoms with Crippen molar-refractivity contribution in [2.24, 2.45) is 5.92 Å². The van der Waals surface area contributed by atoms with Crippen LogP contribution in [0.4, 0.5) is 0 Å². The van der Waals surface area contributed by atoms with Gasteiger partial charge in [-0.2, -0.15) is 0 Å². The second-order valence-electron chi connectivity index (χ2n) is 6.01. The number of thiazole rings is 1. The standard InChI is InChI=1S/C18H22ClN3O2S/c1-12(2)18(24)21-7-6-20-16(23)10-15-11-25-17(22-15)9-13-4-3-5-14(19)8-13/h3-5,8,11-12H,6-7,9-10H2,1-2H3,(H,20,23)(H,21,24). The molecule has 0 spiro atoms. The summed E-state index contributed by atoms with van der Waals surface area (Å²) in [6, 6.07) is 7.68. The molecule has 1 aromatic carbocycles. The lowest BCUT2D eigenvalue weighted by Gasteiger charge is -2.08. The number of carbonyl (C=O) groups excluding carboxylic acids is 2. The number of nitrogens with one attached hydrogen (secondary N) is 2. The van der Waals surface area contributed by atoms with Gasteiger partial charge in [-0.1, -0.05) is 37.6 Å². The van der Waals surface area contributed by atoms with Crippen molar-refractivity contribution in [1.82, 2.24) is 15.6 Å². The highest BCUT2D eigenvalue weighted by molar-refractivity contribution is 7.09. The first-order valence-electron chi connectivity index (χ1n) is 8.16. The first kappa shape index (κ1) is 19.4. The normalized spacial score (nSPS) is 10.7. The number of halogens is 1. The van der Waals surface area contributed by atoms with Crippen LogP contribution in [-0.4, -0.2) is 29.9 Å². The fraction of sp³-hybridized carbons (Fsp3) is 0.389. The Kier molecular flexibility index (Phi) is 7.40. The molecule has 7 heteroatoms. The summed E-state index contributed by atoms with van der Waals surface area (Å²) in [4.78, 5) is 27.8. The van der Waals surface area contributed by atoms with Crippen molar-refractivity contribution in [3.8, 4) is 0 Å². The number of amides is 2. The van der Waals surface area contributed by atoms with Gasteiger partial charge in [-0.25, -0.2) is 4.98 Å². The Hall–Kier alpha value is -1.92. The van der Waals surface area contributed by atoms with Crippen LogP contribution in [-0.2, 0) is 22.4 Å². The van der Waals surface area contributed by atoms with Crippen molar-refractivity contribution >= 4 is 34.8 Å². The molecule has 0 bridgehead atoms. The van der Waals surface area contributed by atoms with Gasteiger partial charge < -0.3 is 10.6 Å². The molecular weight excluding hydrogens is 358 g/mol. The van der Waals surface area contributed by atoms with Gasteiger partial charge in [0.25, 0.3) is 0 Å². The number of hydrogen-bond acceptors (Lipinski definition) is 4. The Morgan fingerprint density at radius 1 is 1.24 bits per heavy atom. The number of hydrogen-bond donors (Lipinski definition) is 2. The summed E-state index contributed by atoms with van der Waals surface area (Å²) in [5.41, 5.74) is 1.85. The molecule has 0 aliphatic heterocycles. The summed E-state index contributed by atoms with van der Waals surface area (Å²) in [6.07, 6.45) is 0.943. The van der Waals surface area contributed by atoms with E-state index < -0.39 is 0 Å². The van der Waals surface area contributed by atoms with Gasteiger partial charge in [0.05, 0.1) is 17.1 Å². The Labute approximate surface area is 156 Å². The maximum absolute atomic E-state index is 11.9. The van der Waals surface area contributed by atoms with Crippen molar-refractivity contribution in [1.29, 1.82) is 0 Å². The van der Waals surface area contributed by atoms with Gasteiger partial charge >= 0.3 is 0 Å². The topological polar surface area (TPSA) is 71.1 Å². The molecule has 1 aromatic heterocycles. The number of benzene rings is 1. The first-order chi connectivity index (χ1) is 11.9. The van der Waals surface area contributed by atoms with Crippen molar-refractivity contribution in [3.05, 3.63) is 50.9 Å². The van der Waals surface area contributed by atoms with Gasteiger partial charge in [-0.15, -0.1) is 11.3 Å². The van der Waals surface area contributed by atoms with Crippen LogP contribution in [0.1, 0.15) is 30.1 Å². The van der Waals surface area contributed by atoms with E-state index in [9.17, 15) is 9.59 Å². The van der Waals surface area contributed by atoms with E-state index in [2.05, 4.69) is 15.6 Å². The Morgan fingerprint density at radius 2 is 2.00 bits per heavy atom. The summed E-state index contributed by atoms with van der Waals surface area (Å²) in [6.45, 7) is 4.50. The van der Waals surface area contributed by atoms with Crippen LogP contribution < -0.4 is 10.6 Å². The summed E-state index contributed by atoms with van der Waals surface area (Å²) in [7, 11) is 0. The smallest absolute Gasteiger partial charge is 0.226 e. The summed E-state index contributed by atoms with van der Waals surface area (Å²) in [5, 5.41) is 9.11. The predicted octanol–water partition coefficient (Wildman–Crippen LogP) is 2.82. The maximum Gasteiger partial charge on any atom is 0.226 e. The first-order valence-corrected chi connectivity index (χ1v) is 9.42. The number of rotatable bonds is 8. The van der Waals surface area contributed by atoms with E-state index in [4.69, 9.17) is 11.6 Å². The molecule has 25 heavy (non-hydrogen) atoms. The molecule has 2 N–H and O–H groups in total. The van der Waals surface area contributed by atoms with Gasteiger partial charge in [-0.05, 0) is 17.7 Å². The molecule has 0 unspecified atom stereocenters. The minimum atomic E-state index is -0.0987. The van der Waals surface area contributed by atoms with Gasteiger partial charge in [0.2, 0.25) is 11.8 Å². The third-order valence-electron chi connectivity index (χ3n) is 3.46. The molecule has 1 heterocycles. The largest absolute Gasteiger partial charge is 0.354 e. The molecule has 2 amide bonds. The van der Waals surface area contributed by atoms with Gasteiger partial charge in [0.15, 0.2) is 0 Å². The van der Waals surface area contributed by atoms with Gasteiger partial charge in [0, 0.05) is 35.8 Å². The lowest BCUT2D eigenvalue weighted by molar-refractivity contribution is -0.124. The number of aromatic nitrogens is 1.